The number of aliphatic imine (C=N–C) groups is 1. The lowest BCUT2D eigenvalue weighted by Crippen LogP contribution is -2.32. The Bertz CT molecular complexity index is 856. The summed E-state index contributed by atoms with van der Waals surface area (Å²) in [7, 11) is 2.14. The summed E-state index contributed by atoms with van der Waals surface area (Å²) >= 11 is 0. The van der Waals surface area contributed by atoms with Crippen LogP contribution in [0.3, 0.4) is 0 Å². The van der Waals surface area contributed by atoms with Gasteiger partial charge in [-0.3, -0.25) is 4.99 Å². The zero-order valence-corrected chi connectivity index (χ0v) is 13.7. The number of nitrogens with one attached hydrogen (secondary N) is 1. The molecule has 3 aromatic rings. The van der Waals surface area contributed by atoms with Gasteiger partial charge in [-0.1, -0.05) is 18.2 Å². The number of fused-ring (bicyclic) bond motifs is 1. The number of benzene rings is 1. The average molecular weight is 323 g/mol. The van der Waals surface area contributed by atoms with Crippen LogP contribution >= 0.6 is 0 Å². The summed E-state index contributed by atoms with van der Waals surface area (Å²) in [4.78, 5) is 10.3. The van der Waals surface area contributed by atoms with Crippen molar-refractivity contribution in [2.75, 3.05) is 20.1 Å². The number of rotatable bonds is 3. The van der Waals surface area contributed by atoms with Crippen LogP contribution in [0.1, 0.15) is 24.2 Å². The molecule has 1 fully saturated rings. The van der Waals surface area contributed by atoms with E-state index >= 15 is 0 Å². The molecule has 3 heterocycles. The summed E-state index contributed by atoms with van der Waals surface area (Å²) in [5.74, 6) is 0.827. The van der Waals surface area contributed by atoms with Crippen molar-refractivity contribution in [3.8, 4) is 5.88 Å². The van der Waals surface area contributed by atoms with Gasteiger partial charge in [0.15, 0.2) is 11.6 Å². The van der Waals surface area contributed by atoms with Crippen LogP contribution in [0.4, 0.5) is 0 Å². The van der Waals surface area contributed by atoms with E-state index < -0.39 is 0 Å². The number of H-pyrrole nitrogens is 1. The SMILES string of the molecule is CN1CCC(N=C(c2ccco2)c2c(O)[nH]c3ccccc23)CC1. The first-order valence-electron chi connectivity index (χ1n) is 8.32. The third kappa shape index (κ3) is 2.71. The minimum atomic E-state index is 0.138. The number of aromatic nitrogens is 1. The van der Waals surface area contributed by atoms with E-state index in [0.29, 0.717) is 5.76 Å². The van der Waals surface area contributed by atoms with E-state index in [4.69, 9.17) is 9.41 Å². The molecule has 5 nitrogen and oxygen atoms in total. The van der Waals surface area contributed by atoms with Crippen LogP contribution < -0.4 is 0 Å². The molecule has 0 saturated carbocycles. The van der Waals surface area contributed by atoms with Gasteiger partial charge in [0.1, 0.15) is 5.71 Å². The molecule has 1 aromatic carbocycles. The maximum Gasteiger partial charge on any atom is 0.199 e. The minimum Gasteiger partial charge on any atom is -0.494 e. The minimum absolute atomic E-state index is 0.138. The Labute approximate surface area is 140 Å². The van der Waals surface area contributed by atoms with Crippen molar-refractivity contribution in [2.24, 2.45) is 4.99 Å². The van der Waals surface area contributed by atoms with Crippen molar-refractivity contribution >= 4 is 16.6 Å². The first kappa shape index (κ1) is 15.0. The van der Waals surface area contributed by atoms with Gasteiger partial charge in [-0.2, -0.15) is 0 Å². The lowest BCUT2D eigenvalue weighted by atomic mass is 10.0. The maximum absolute atomic E-state index is 10.5. The highest BCUT2D eigenvalue weighted by Gasteiger charge is 2.23. The highest BCUT2D eigenvalue weighted by molar-refractivity contribution is 6.20. The number of hydrogen-bond donors (Lipinski definition) is 2. The lowest BCUT2D eigenvalue weighted by molar-refractivity contribution is 0.257. The Hall–Kier alpha value is -2.53. The monoisotopic (exact) mass is 323 g/mol. The molecule has 0 spiro atoms. The van der Waals surface area contributed by atoms with Crippen molar-refractivity contribution < 1.29 is 9.52 Å². The number of piperidine rings is 1. The Morgan fingerprint density at radius 1 is 1.21 bits per heavy atom. The van der Waals surface area contributed by atoms with Crippen LogP contribution in [-0.2, 0) is 0 Å². The quantitative estimate of drug-likeness (QED) is 0.726. The molecule has 0 atom stereocenters. The van der Waals surface area contributed by atoms with E-state index in [1.807, 2.05) is 36.4 Å². The molecule has 124 valence electrons. The molecule has 0 aliphatic carbocycles. The van der Waals surface area contributed by atoms with Crippen LogP contribution in [0, 0.1) is 0 Å². The molecule has 0 unspecified atom stereocenters. The number of nitrogens with zero attached hydrogens (tertiary/aromatic N) is 2. The van der Waals surface area contributed by atoms with Crippen LogP contribution in [0.25, 0.3) is 10.9 Å². The number of aromatic amines is 1. The number of aromatic hydroxyl groups is 1. The fourth-order valence-corrected chi connectivity index (χ4v) is 3.34. The van der Waals surface area contributed by atoms with Gasteiger partial charge in [-0.05, 0) is 51.2 Å². The molecule has 4 rings (SSSR count). The van der Waals surface area contributed by atoms with E-state index in [9.17, 15) is 5.11 Å². The fourth-order valence-electron chi connectivity index (χ4n) is 3.34. The van der Waals surface area contributed by atoms with Gasteiger partial charge in [0.2, 0.25) is 0 Å². The molecular formula is C19H21N3O2. The maximum atomic E-state index is 10.5. The molecule has 24 heavy (non-hydrogen) atoms. The van der Waals surface area contributed by atoms with Crippen molar-refractivity contribution in [1.29, 1.82) is 0 Å². The highest BCUT2D eigenvalue weighted by atomic mass is 16.3. The number of para-hydroxylation sites is 1. The standard InChI is InChI=1S/C19H21N3O2/c1-22-10-8-13(9-11-22)20-18(16-7-4-12-24-16)17-14-5-2-3-6-15(14)21-19(17)23/h2-7,12-13,21,23H,8-11H2,1H3. The molecule has 1 saturated heterocycles. The van der Waals surface area contributed by atoms with Gasteiger partial charge < -0.3 is 19.4 Å². The number of likely N-dealkylation sites (tertiary alicyclic amines) is 1. The first-order valence-corrected chi connectivity index (χ1v) is 8.32. The van der Waals surface area contributed by atoms with E-state index in [1.54, 1.807) is 6.26 Å². The predicted octanol–water partition coefficient (Wildman–Crippen LogP) is 3.40. The summed E-state index contributed by atoms with van der Waals surface area (Å²) in [5.41, 5.74) is 2.34. The number of furan rings is 1. The molecule has 2 N–H and O–H groups in total. The topological polar surface area (TPSA) is 64.8 Å². The van der Waals surface area contributed by atoms with E-state index in [2.05, 4.69) is 16.9 Å². The fraction of sp³-hybridized carbons (Fsp3) is 0.316. The third-order valence-corrected chi connectivity index (χ3v) is 4.68. The van der Waals surface area contributed by atoms with Gasteiger partial charge >= 0.3 is 0 Å². The van der Waals surface area contributed by atoms with Gasteiger partial charge in [0.25, 0.3) is 0 Å². The largest absolute Gasteiger partial charge is 0.494 e. The van der Waals surface area contributed by atoms with Gasteiger partial charge in [-0.15, -0.1) is 0 Å². The zero-order valence-electron chi connectivity index (χ0n) is 13.7. The van der Waals surface area contributed by atoms with E-state index in [0.717, 1.165) is 48.1 Å². The van der Waals surface area contributed by atoms with E-state index in [-0.39, 0.29) is 11.9 Å². The second-order valence-electron chi connectivity index (χ2n) is 6.38. The first-order chi connectivity index (χ1) is 11.7. The Morgan fingerprint density at radius 3 is 2.75 bits per heavy atom. The number of hydrogen-bond acceptors (Lipinski definition) is 4. The Morgan fingerprint density at radius 2 is 2.00 bits per heavy atom. The summed E-state index contributed by atoms with van der Waals surface area (Å²) < 4.78 is 5.62. The molecule has 1 aliphatic heterocycles. The molecule has 2 aromatic heterocycles. The van der Waals surface area contributed by atoms with Gasteiger partial charge in [0.05, 0.1) is 17.9 Å². The zero-order chi connectivity index (χ0) is 16.5. The van der Waals surface area contributed by atoms with Crippen molar-refractivity contribution in [3.63, 3.8) is 0 Å². The van der Waals surface area contributed by atoms with Crippen molar-refractivity contribution in [2.45, 2.75) is 18.9 Å². The van der Waals surface area contributed by atoms with Crippen LogP contribution in [0.5, 0.6) is 5.88 Å². The van der Waals surface area contributed by atoms with Crippen molar-refractivity contribution in [3.05, 3.63) is 54.0 Å². The molecule has 1 aliphatic rings. The third-order valence-electron chi connectivity index (χ3n) is 4.68. The Kier molecular flexibility index (Phi) is 3.86. The Balaban J connectivity index is 1.82. The average Bonchev–Trinajstić information content (AvgIpc) is 3.22. The van der Waals surface area contributed by atoms with Gasteiger partial charge in [0, 0.05) is 10.9 Å². The van der Waals surface area contributed by atoms with Crippen LogP contribution in [-0.4, -0.2) is 46.9 Å². The van der Waals surface area contributed by atoms with Gasteiger partial charge in [-0.25, -0.2) is 0 Å². The predicted molar refractivity (Wildman–Crippen MR) is 94.8 cm³/mol. The van der Waals surface area contributed by atoms with Crippen LogP contribution in [0.15, 0.2) is 52.1 Å². The van der Waals surface area contributed by atoms with E-state index in [1.165, 1.54) is 0 Å². The highest BCUT2D eigenvalue weighted by Crippen LogP contribution is 2.31. The summed E-state index contributed by atoms with van der Waals surface area (Å²) in [6, 6.07) is 11.9. The smallest absolute Gasteiger partial charge is 0.199 e. The molecule has 5 heteroatoms. The van der Waals surface area contributed by atoms with Crippen LogP contribution in [0.2, 0.25) is 0 Å². The normalized spacial score (nSPS) is 17.6. The molecule has 0 bridgehead atoms. The second-order valence-corrected chi connectivity index (χ2v) is 6.38. The molecule has 0 radical (unpaired) electrons. The molecule has 0 amide bonds. The summed E-state index contributed by atoms with van der Waals surface area (Å²) in [6.07, 6.45) is 3.68. The molecular weight excluding hydrogens is 302 g/mol. The second kappa shape index (κ2) is 6.17. The van der Waals surface area contributed by atoms with Crippen molar-refractivity contribution in [1.82, 2.24) is 9.88 Å². The summed E-state index contributed by atoms with van der Waals surface area (Å²) in [5, 5.41) is 11.4. The lowest BCUT2D eigenvalue weighted by Gasteiger charge is -2.27. The summed E-state index contributed by atoms with van der Waals surface area (Å²) in [6.45, 7) is 2.08.